The lowest BCUT2D eigenvalue weighted by Gasteiger charge is -2.17. The average Bonchev–Trinajstić information content (AvgIpc) is 3.49. The number of amides is 1. The summed E-state index contributed by atoms with van der Waals surface area (Å²) < 4.78 is 11.3. The van der Waals surface area contributed by atoms with Gasteiger partial charge >= 0.3 is 0 Å². The van der Waals surface area contributed by atoms with Crippen molar-refractivity contribution in [1.82, 2.24) is 10.5 Å². The molecule has 0 atom stereocenters. The number of benzene rings is 3. The highest BCUT2D eigenvalue weighted by atomic mass is 16.5. The molecule has 2 aromatic heterocycles. The average molecular weight is 422 g/mol. The predicted octanol–water partition coefficient (Wildman–Crippen LogP) is 5.93. The Morgan fingerprint density at radius 2 is 1.47 bits per heavy atom. The van der Waals surface area contributed by atoms with E-state index in [2.05, 4.69) is 34.7 Å². The third kappa shape index (κ3) is 4.32. The first-order chi connectivity index (χ1) is 15.8. The first-order valence-corrected chi connectivity index (χ1v) is 10.6. The molecule has 0 unspecified atom stereocenters. The normalized spacial score (nSPS) is 11.2. The zero-order valence-electron chi connectivity index (χ0n) is 17.4. The summed E-state index contributed by atoms with van der Waals surface area (Å²) in [6, 6.07) is 31.7. The molecule has 32 heavy (non-hydrogen) atoms. The zero-order valence-corrected chi connectivity index (χ0v) is 17.4. The molecule has 0 spiro atoms. The highest BCUT2D eigenvalue weighted by molar-refractivity contribution is 5.82. The summed E-state index contributed by atoms with van der Waals surface area (Å²) >= 11 is 0. The molecular formula is C27H22N2O3. The fourth-order valence-corrected chi connectivity index (χ4v) is 3.86. The molecule has 0 radical (unpaired) electrons. The van der Waals surface area contributed by atoms with Gasteiger partial charge in [0.15, 0.2) is 5.76 Å². The molecule has 0 fully saturated rings. The van der Waals surface area contributed by atoms with E-state index in [4.69, 9.17) is 8.94 Å². The van der Waals surface area contributed by atoms with Crippen molar-refractivity contribution in [2.24, 2.45) is 0 Å². The van der Waals surface area contributed by atoms with Crippen molar-refractivity contribution in [1.29, 1.82) is 0 Å². The molecule has 1 N–H and O–H groups in total. The van der Waals surface area contributed by atoms with Crippen molar-refractivity contribution in [2.75, 3.05) is 0 Å². The first kappa shape index (κ1) is 19.8. The summed E-state index contributed by atoms with van der Waals surface area (Å²) in [5.41, 5.74) is 3.66. The van der Waals surface area contributed by atoms with E-state index in [9.17, 15) is 4.79 Å². The number of hydrogen-bond donors (Lipinski definition) is 1. The van der Waals surface area contributed by atoms with Gasteiger partial charge in [0, 0.05) is 23.8 Å². The molecule has 2 heterocycles. The molecule has 5 aromatic rings. The smallest absolute Gasteiger partial charge is 0.221 e. The summed E-state index contributed by atoms with van der Waals surface area (Å²) in [6.45, 7) is 0.291. The third-order valence-electron chi connectivity index (χ3n) is 5.49. The van der Waals surface area contributed by atoms with Crippen LogP contribution in [0.5, 0.6) is 0 Å². The van der Waals surface area contributed by atoms with Crippen LogP contribution in [0.1, 0.15) is 29.2 Å². The Kier molecular flexibility index (Phi) is 5.54. The third-order valence-corrected chi connectivity index (χ3v) is 5.49. The highest BCUT2D eigenvalue weighted by Crippen LogP contribution is 2.29. The van der Waals surface area contributed by atoms with E-state index in [1.807, 2.05) is 66.7 Å². The van der Waals surface area contributed by atoms with Crippen LogP contribution in [0.15, 0.2) is 106 Å². The minimum Gasteiger partial charge on any atom is -0.453 e. The number of furan rings is 1. The van der Waals surface area contributed by atoms with Crippen molar-refractivity contribution in [3.8, 4) is 11.5 Å². The number of fused-ring (bicyclic) bond motifs is 1. The highest BCUT2D eigenvalue weighted by Gasteiger charge is 2.18. The van der Waals surface area contributed by atoms with Crippen LogP contribution in [-0.2, 0) is 11.3 Å². The number of carbonyl (C=O) groups is 1. The molecule has 0 aliphatic carbocycles. The van der Waals surface area contributed by atoms with E-state index in [0.717, 1.165) is 22.1 Å². The Bertz CT molecular complexity index is 1250. The monoisotopic (exact) mass is 422 g/mol. The number of nitrogens with zero attached hydrogens (tertiary/aromatic N) is 1. The lowest BCUT2D eigenvalue weighted by Crippen LogP contribution is -2.25. The molecule has 3 aromatic carbocycles. The minimum atomic E-state index is -0.0454. The Hall–Kier alpha value is -4.12. The fraction of sp³-hybridized carbons (Fsp3) is 0.111. The summed E-state index contributed by atoms with van der Waals surface area (Å²) in [5.74, 6) is 1.10. The molecular weight excluding hydrogens is 400 g/mol. The minimum absolute atomic E-state index is 0.0131. The van der Waals surface area contributed by atoms with Gasteiger partial charge in [-0.1, -0.05) is 84.0 Å². The van der Waals surface area contributed by atoms with Gasteiger partial charge in [-0.2, -0.15) is 0 Å². The van der Waals surface area contributed by atoms with Gasteiger partial charge in [-0.3, -0.25) is 4.79 Å². The summed E-state index contributed by atoms with van der Waals surface area (Å²) in [7, 11) is 0. The number of aromatic nitrogens is 1. The van der Waals surface area contributed by atoms with Crippen molar-refractivity contribution >= 4 is 16.9 Å². The van der Waals surface area contributed by atoms with Crippen molar-refractivity contribution < 1.29 is 13.7 Å². The zero-order chi connectivity index (χ0) is 21.8. The summed E-state index contributed by atoms with van der Waals surface area (Å²) in [6.07, 6.45) is 0.350. The van der Waals surface area contributed by atoms with Gasteiger partial charge in [-0.25, -0.2) is 0 Å². The van der Waals surface area contributed by atoms with Gasteiger partial charge in [0.2, 0.25) is 11.7 Å². The van der Waals surface area contributed by atoms with E-state index in [-0.39, 0.29) is 11.8 Å². The lowest BCUT2D eigenvalue weighted by molar-refractivity contribution is -0.121. The van der Waals surface area contributed by atoms with E-state index in [1.165, 1.54) is 0 Å². The Balaban J connectivity index is 1.26. The summed E-state index contributed by atoms with van der Waals surface area (Å²) in [5, 5.41) is 8.05. The number of para-hydroxylation sites is 1. The van der Waals surface area contributed by atoms with Crippen LogP contribution >= 0.6 is 0 Å². The molecule has 5 rings (SSSR count). The Morgan fingerprint density at radius 1 is 0.812 bits per heavy atom. The topological polar surface area (TPSA) is 68.3 Å². The number of nitrogens with one attached hydrogen (secondary N) is 1. The molecule has 5 heteroatoms. The van der Waals surface area contributed by atoms with Crippen LogP contribution in [0.25, 0.3) is 22.5 Å². The molecule has 1 amide bonds. The first-order valence-electron chi connectivity index (χ1n) is 10.6. The van der Waals surface area contributed by atoms with Gasteiger partial charge < -0.3 is 14.3 Å². The molecule has 0 saturated carbocycles. The standard InChI is InChI=1S/C27H22N2O3/c30-27(17-23(19-9-3-1-4-10-19)20-11-5-2-6-12-20)28-18-22-16-26(32-29-22)25-15-21-13-7-8-14-24(21)31-25/h1-16,23H,17-18H2,(H,28,30). The summed E-state index contributed by atoms with van der Waals surface area (Å²) in [4.78, 5) is 12.8. The molecule has 0 bridgehead atoms. The van der Waals surface area contributed by atoms with Gasteiger partial charge in [0.05, 0.1) is 6.54 Å². The Labute approximate surface area is 185 Å². The van der Waals surface area contributed by atoms with Crippen LogP contribution in [0.4, 0.5) is 0 Å². The van der Waals surface area contributed by atoms with E-state index >= 15 is 0 Å². The fourth-order valence-electron chi connectivity index (χ4n) is 3.86. The van der Waals surface area contributed by atoms with Crippen LogP contribution in [0.3, 0.4) is 0 Å². The maximum Gasteiger partial charge on any atom is 0.221 e. The molecule has 158 valence electrons. The van der Waals surface area contributed by atoms with E-state index in [0.29, 0.717) is 30.2 Å². The second-order valence-electron chi connectivity index (χ2n) is 7.69. The second-order valence-corrected chi connectivity index (χ2v) is 7.69. The lowest BCUT2D eigenvalue weighted by atomic mass is 9.88. The van der Waals surface area contributed by atoms with Crippen LogP contribution in [-0.4, -0.2) is 11.1 Å². The predicted molar refractivity (Wildman–Crippen MR) is 123 cm³/mol. The van der Waals surface area contributed by atoms with Crippen LogP contribution in [0, 0.1) is 0 Å². The van der Waals surface area contributed by atoms with Crippen molar-refractivity contribution in [3.05, 3.63) is 114 Å². The second kappa shape index (κ2) is 8.94. The molecule has 0 saturated heterocycles. The molecule has 0 aliphatic rings. The quantitative estimate of drug-likeness (QED) is 0.353. The van der Waals surface area contributed by atoms with Gasteiger partial charge in [-0.05, 0) is 23.3 Å². The van der Waals surface area contributed by atoms with Gasteiger partial charge in [0.1, 0.15) is 11.3 Å². The van der Waals surface area contributed by atoms with Crippen molar-refractivity contribution in [3.63, 3.8) is 0 Å². The van der Waals surface area contributed by atoms with Crippen LogP contribution < -0.4 is 5.32 Å². The van der Waals surface area contributed by atoms with Gasteiger partial charge in [0.25, 0.3) is 0 Å². The maximum absolute atomic E-state index is 12.8. The maximum atomic E-state index is 12.8. The molecule has 0 aliphatic heterocycles. The Morgan fingerprint density at radius 3 is 2.16 bits per heavy atom. The van der Waals surface area contributed by atoms with E-state index < -0.39 is 0 Å². The van der Waals surface area contributed by atoms with E-state index in [1.54, 1.807) is 6.07 Å². The van der Waals surface area contributed by atoms with Crippen LogP contribution in [0.2, 0.25) is 0 Å². The SMILES string of the molecule is O=C(CC(c1ccccc1)c1ccccc1)NCc1cc(-c2cc3ccccc3o2)on1. The van der Waals surface area contributed by atoms with Crippen molar-refractivity contribution in [2.45, 2.75) is 18.9 Å². The number of carbonyl (C=O) groups excluding carboxylic acids is 1. The molecule has 5 nitrogen and oxygen atoms in total. The number of rotatable bonds is 7. The van der Waals surface area contributed by atoms with Gasteiger partial charge in [-0.15, -0.1) is 0 Å². The number of hydrogen-bond acceptors (Lipinski definition) is 4. The largest absolute Gasteiger partial charge is 0.453 e.